The van der Waals surface area contributed by atoms with Gasteiger partial charge in [-0.2, -0.15) is 0 Å². The summed E-state index contributed by atoms with van der Waals surface area (Å²) in [6.07, 6.45) is 4.68. The minimum absolute atomic E-state index is 0.110. The standard InChI is InChI=1S/C18H25BrO3/c1-14(10-11-19)4-9-17-18(2,22-17)13-21-12-15-5-7-16(20-3)8-6-15/h5-8,10,17H,4,9,11-13H2,1-3H3/b14-10+/t17-,18-/m0/s1. The number of epoxide rings is 1. The fourth-order valence-electron chi connectivity index (χ4n) is 2.47. The normalized spacial score (nSPS) is 24.4. The first-order valence-electron chi connectivity index (χ1n) is 7.67. The van der Waals surface area contributed by atoms with E-state index in [-0.39, 0.29) is 5.60 Å². The molecule has 0 N–H and O–H groups in total. The average molecular weight is 369 g/mol. The van der Waals surface area contributed by atoms with Crippen LogP contribution in [0, 0.1) is 0 Å². The number of allylic oxidation sites excluding steroid dienone is 2. The zero-order valence-corrected chi connectivity index (χ0v) is 15.2. The van der Waals surface area contributed by atoms with Crippen LogP contribution in [0.1, 0.15) is 32.3 Å². The molecule has 1 fully saturated rings. The Morgan fingerprint density at radius 1 is 1.36 bits per heavy atom. The number of methoxy groups -OCH3 is 1. The Kier molecular flexibility index (Phi) is 6.48. The van der Waals surface area contributed by atoms with E-state index in [2.05, 4.69) is 35.9 Å². The molecule has 1 heterocycles. The molecular weight excluding hydrogens is 344 g/mol. The minimum atomic E-state index is -0.110. The van der Waals surface area contributed by atoms with Crippen LogP contribution >= 0.6 is 15.9 Å². The Morgan fingerprint density at radius 3 is 2.73 bits per heavy atom. The summed E-state index contributed by atoms with van der Waals surface area (Å²) < 4.78 is 16.8. The summed E-state index contributed by atoms with van der Waals surface area (Å²) in [4.78, 5) is 0. The third kappa shape index (κ3) is 5.11. The van der Waals surface area contributed by atoms with Crippen LogP contribution in [0.25, 0.3) is 0 Å². The van der Waals surface area contributed by atoms with Gasteiger partial charge < -0.3 is 14.2 Å². The molecule has 0 unspecified atom stereocenters. The second-order valence-electron chi connectivity index (χ2n) is 6.00. The number of alkyl halides is 1. The molecule has 122 valence electrons. The molecule has 0 amide bonds. The van der Waals surface area contributed by atoms with Crippen molar-refractivity contribution in [1.82, 2.24) is 0 Å². The van der Waals surface area contributed by atoms with Crippen LogP contribution in [-0.2, 0) is 16.1 Å². The largest absolute Gasteiger partial charge is 0.497 e. The van der Waals surface area contributed by atoms with Crippen molar-refractivity contribution in [2.75, 3.05) is 19.0 Å². The van der Waals surface area contributed by atoms with Crippen LogP contribution in [0.3, 0.4) is 0 Å². The number of hydrogen-bond donors (Lipinski definition) is 0. The van der Waals surface area contributed by atoms with E-state index in [0.29, 0.717) is 19.3 Å². The van der Waals surface area contributed by atoms with Gasteiger partial charge in [-0.25, -0.2) is 0 Å². The van der Waals surface area contributed by atoms with Crippen molar-refractivity contribution in [3.63, 3.8) is 0 Å². The van der Waals surface area contributed by atoms with Gasteiger partial charge in [-0.05, 0) is 44.4 Å². The van der Waals surface area contributed by atoms with E-state index in [1.165, 1.54) is 5.57 Å². The van der Waals surface area contributed by atoms with Crippen LogP contribution in [-0.4, -0.2) is 30.8 Å². The van der Waals surface area contributed by atoms with Crippen molar-refractivity contribution in [2.24, 2.45) is 0 Å². The lowest BCUT2D eigenvalue weighted by atomic mass is 10.0. The molecule has 0 aliphatic carbocycles. The Morgan fingerprint density at radius 2 is 2.09 bits per heavy atom. The molecule has 2 atom stereocenters. The third-order valence-electron chi connectivity index (χ3n) is 4.08. The van der Waals surface area contributed by atoms with Gasteiger partial charge in [0.2, 0.25) is 0 Å². The molecule has 22 heavy (non-hydrogen) atoms. The summed E-state index contributed by atoms with van der Waals surface area (Å²) in [5.74, 6) is 0.869. The molecule has 4 heteroatoms. The van der Waals surface area contributed by atoms with Crippen molar-refractivity contribution in [3.8, 4) is 5.75 Å². The van der Waals surface area contributed by atoms with Crippen molar-refractivity contribution in [1.29, 1.82) is 0 Å². The van der Waals surface area contributed by atoms with Gasteiger partial charge in [-0.15, -0.1) is 0 Å². The van der Waals surface area contributed by atoms with Gasteiger partial charge in [-0.3, -0.25) is 0 Å². The van der Waals surface area contributed by atoms with Crippen LogP contribution in [0.15, 0.2) is 35.9 Å². The second-order valence-corrected chi connectivity index (χ2v) is 6.65. The number of rotatable bonds is 9. The first-order valence-corrected chi connectivity index (χ1v) is 8.79. The predicted molar refractivity (Wildman–Crippen MR) is 92.7 cm³/mol. The van der Waals surface area contributed by atoms with Crippen molar-refractivity contribution in [3.05, 3.63) is 41.5 Å². The first-order chi connectivity index (χ1) is 10.6. The second kappa shape index (κ2) is 8.14. The number of hydrogen-bond acceptors (Lipinski definition) is 3. The van der Waals surface area contributed by atoms with E-state index < -0.39 is 0 Å². The van der Waals surface area contributed by atoms with E-state index in [0.717, 1.165) is 29.5 Å². The Balaban J connectivity index is 1.67. The lowest BCUT2D eigenvalue weighted by Crippen LogP contribution is -2.18. The van der Waals surface area contributed by atoms with Gasteiger partial charge in [0, 0.05) is 5.33 Å². The summed E-state index contributed by atoms with van der Waals surface area (Å²) >= 11 is 3.42. The first kappa shape index (κ1) is 17.5. The quantitative estimate of drug-likeness (QED) is 0.365. The molecule has 0 spiro atoms. The predicted octanol–water partition coefficient (Wildman–Crippen LogP) is 4.49. The Bertz CT molecular complexity index is 498. The smallest absolute Gasteiger partial charge is 0.118 e. The fraction of sp³-hybridized carbons (Fsp3) is 0.556. The number of halogens is 1. The summed E-state index contributed by atoms with van der Waals surface area (Å²) in [5.41, 5.74) is 2.45. The van der Waals surface area contributed by atoms with Crippen LogP contribution < -0.4 is 4.74 Å². The zero-order chi connectivity index (χ0) is 16.0. The van der Waals surface area contributed by atoms with E-state index in [1.807, 2.05) is 24.3 Å². The lowest BCUT2D eigenvalue weighted by Gasteiger charge is -2.09. The van der Waals surface area contributed by atoms with Crippen molar-refractivity contribution >= 4 is 15.9 Å². The Labute approximate surface area is 141 Å². The van der Waals surface area contributed by atoms with Crippen LogP contribution in [0.5, 0.6) is 5.75 Å². The maximum Gasteiger partial charge on any atom is 0.118 e. The molecule has 0 radical (unpaired) electrons. The fourth-order valence-corrected chi connectivity index (χ4v) is 3.02. The highest BCUT2D eigenvalue weighted by Gasteiger charge is 2.51. The molecule has 1 aliphatic heterocycles. The highest BCUT2D eigenvalue weighted by atomic mass is 79.9. The van der Waals surface area contributed by atoms with Crippen LogP contribution in [0.4, 0.5) is 0 Å². The van der Waals surface area contributed by atoms with Crippen LogP contribution in [0.2, 0.25) is 0 Å². The van der Waals surface area contributed by atoms with E-state index >= 15 is 0 Å². The molecule has 0 bridgehead atoms. The molecule has 2 rings (SSSR count). The number of benzene rings is 1. The maximum atomic E-state index is 5.82. The van der Waals surface area contributed by atoms with Gasteiger partial charge in [0.05, 0.1) is 26.4 Å². The van der Waals surface area contributed by atoms with Gasteiger partial charge in [0.15, 0.2) is 0 Å². The number of ether oxygens (including phenoxy) is 3. The molecule has 3 nitrogen and oxygen atoms in total. The van der Waals surface area contributed by atoms with Gasteiger partial charge in [0.25, 0.3) is 0 Å². The van der Waals surface area contributed by atoms with Crippen molar-refractivity contribution in [2.45, 2.75) is 45.0 Å². The van der Waals surface area contributed by atoms with E-state index in [4.69, 9.17) is 14.2 Å². The summed E-state index contributed by atoms with van der Waals surface area (Å²) in [6.45, 7) is 5.56. The molecule has 0 saturated carbocycles. The third-order valence-corrected chi connectivity index (χ3v) is 4.40. The summed E-state index contributed by atoms with van der Waals surface area (Å²) in [5, 5.41) is 0.923. The lowest BCUT2D eigenvalue weighted by molar-refractivity contribution is 0.0742. The average Bonchev–Trinajstić information content (AvgIpc) is 3.17. The maximum absolute atomic E-state index is 5.82. The topological polar surface area (TPSA) is 31.0 Å². The van der Waals surface area contributed by atoms with E-state index in [9.17, 15) is 0 Å². The monoisotopic (exact) mass is 368 g/mol. The molecule has 1 aliphatic rings. The van der Waals surface area contributed by atoms with E-state index in [1.54, 1.807) is 7.11 Å². The van der Waals surface area contributed by atoms with Crippen molar-refractivity contribution < 1.29 is 14.2 Å². The van der Waals surface area contributed by atoms with Gasteiger partial charge in [-0.1, -0.05) is 39.7 Å². The molecular formula is C18H25BrO3. The van der Waals surface area contributed by atoms with Gasteiger partial charge >= 0.3 is 0 Å². The summed E-state index contributed by atoms with van der Waals surface area (Å²) in [7, 11) is 1.67. The Hall–Kier alpha value is -0.840. The molecule has 0 aromatic heterocycles. The van der Waals surface area contributed by atoms with Gasteiger partial charge in [0.1, 0.15) is 11.4 Å². The SMILES string of the molecule is COc1ccc(COC[C@]2(C)O[C@H]2CC/C(C)=C/CBr)cc1. The molecule has 1 saturated heterocycles. The highest BCUT2D eigenvalue weighted by Crippen LogP contribution is 2.40. The zero-order valence-electron chi connectivity index (χ0n) is 13.6. The highest BCUT2D eigenvalue weighted by molar-refractivity contribution is 9.09. The summed E-state index contributed by atoms with van der Waals surface area (Å²) in [6, 6.07) is 7.97. The molecule has 1 aromatic rings. The molecule has 1 aromatic carbocycles. The minimum Gasteiger partial charge on any atom is -0.497 e.